The fourth-order valence-electron chi connectivity index (χ4n) is 8.46. The zero-order chi connectivity index (χ0) is 52.5. The van der Waals surface area contributed by atoms with Crippen LogP contribution < -0.4 is 26.6 Å². The van der Waals surface area contributed by atoms with Crippen molar-refractivity contribution in [1.29, 1.82) is 0 Å². The second-order valence-electron chi connectivity index (χ2n) is 20.9. The van der Waals surface area contributed by atoms with Crippen molar-refractivity contribution in [2.24, 2.45) is 11.3 Å². The number of halogens is 1. The van der Waals surface area contributed by atoms with Crippen LogP contribution in [-0.4, -0.2) is 138 Å². The minimum atomic E-state index is -2.40. The van der Waals surface area contributed by atoms with Gasteiger partial charge in [-0.25, -0.2) is 18.8 Å². The van der Waals surface area contributed by atoms with Gasteiger partial charge in [-0.3, -0.25) is 24.0 Å². The van der Waals surface area contributed by atoms with Crippen LogP contribution in [0.5, 0.6) is 0 Å². The summed E-state index contributed by atoms with van der Waals surface area (Å²) in [5.41, 5.74) is -0.435. The molecule has 71 heavy (non-hydrogen) atoms. The quantitative estimate of drug-likeness (QED) is 0.0461. The van der Waals surface area contributed by atoms with Gasteiger partial charge in [0.2, 0.25) is 23.6 Å². The Morgan fingerprint density at radius 2 is 1.11 bits per heavy atom. The molecule has 0 bridgehead atoms. The number of alkyl halides is 1. The third kappa shape index (κ3) is 19.1. The Labute approximate surface area is 417 Å². The molecule has 0 radical (unpaired) electrons. The van der Waals surface area contributed by atoms with Crippen LogP contribution in [0.4, 0.5) is 14.0 Å². The van der Waals surface area contributed by atoms with E-state index in [2.05, 4.69) is 31.3 Å². The molecule has 2 aliphatic rings. The fraction of sp³-hybridized carbons (Fsp3) is 0.615. The van der Waals surface area contributed by atoms with Crippen LogP contribution >= 0.6 is 0 Å². The van der Waals surface area contributed by atoms with Crippen molar-refractivity contribution < 1.29 is 57.0 Å². The summed E-state index contributed by atoms with van der Waals surface area (Å²) in [5.74, 6) is -4.55. The summed E-state index contributed by atoms with van der Waals surface area (Å²) < 4.78 is 30.0. The first-order valence-electron chi connectivity index (χ1n) is 24.7. The molecule has 2 heterocycles. The topological polar surface area (TPSA) is 231 Å². The molecule has 5 N–H and O–H groups in total. The molecule has 0 saturated carbocycles. The summed E-state index contributed by atoms with van der Waals surface area (Å²) in [5, 5.41) is 14.0. The first-order chi connectivity index (χ1) is 33.4. The van der Waals surface area contributed by atoms with Crippen molar-refractivity contribution in [3.05, 3.63) is 71.8 Å². The molecule has 5 atom stereocenters. The number of carbonyl (C=O) groups excluding carboxylic acids is 8. The predicted molar refractivity (Wildman–Crippen MR) is 263 cm³/mol. The Bertz CT molecular complexity index is 2110. The molecule has 2 aromatic rings. The summed E-state index contributed by atoms with van der Waals surface area (Å²) >= 11 is 0. The Hall–Kier alpha value is -6.27. The minimum absolute atomic E-state index is 0.0412. The van der Waals surface area contributed by atoms with Crippen LogP contribution in [-0.2, 0) is 55.8 Å². The van der Waals surface area contributed by atoms with Gasteiger partial charge >= 0.3 is 18.2 Å². The molecule has 18 nitrogen and oxygen atoms in total. The molecule has 0 aromatic heterocycles. The van der Waals surface area contributed by atoms with Gasteiger partial charge < -0.3 is 50.6 Å². The van der Waals surface area contributed by atoms with Crippen molar-refractivity contribution in [1.82, 2.24) is 36.4 Å². The molecule has 2 fully saturated rings. The van der Waals surface area contributed by atoms with Gasteiger partial charge in [-0.1, -0.05) is 74.5 Å². The van der Waals surface area contributed by atoms with E-state index in [-0.39, 0.29) is 69.2 Å². The largest absolute Gasteiger partial charge is 0.463 e. The standard InChI is InChI=1S/C52H76FN7O11/c1-10-69-47(66)41(53)46(65)60-32-52(33-60)24-27-59(28-25-52)45(64)37(23-17-18-26-54-48(67)70-50(4,5)6)55-42(61)38(29-34(2)3)56-43(62)39(30-35-19-13-11-14-20-35)57-44(63)40(31-36-21-15-12-16-22-36)58-49(68)71-51(7,8)9/h11-16,19-22,34,37-41H,10,17-18,23-33H2,1-9H3,(H,54,67)(H,55,61)(H,56,62)(H,57,63)(H,58,68)/t37-,38-,39-,40-,41?/m1/s1. The van der Waals surface area contributed by atoms with Crippen molar-refractivity contribution in [3.8, 4) is 0 Å². The zero-order valence-corrected chi connectivity index (χ0v) is 42.9. The summed E-state index contributed by atoms with van der Waals surface area (Å²) in [6, 6.07) is 13.6. The number of hydrogen-bond acceptors (Lipinski definition) is 11. The van der Waals surface area contributed by atoms with Gasteiger partial charge in [0.15, 0.2) is 0 Å². The number of nitrogens with one attached hydrogen (secondary N) is 5. The molecule has 1 spiro atoms. The van der Waals surface area contributed by atoms with E-state index in [1.807, 2.05) is 50.2 Å². The highest BCUT2D eigenvalue weighted by atomic mass is 19.1. The maximum absolute atomic E-state index is 14.5. The summed E-state index contributed by atoms with van der Waals surface area (Å²) in [6.07, 6.45) is -1.43. The number of esters is 1. The molecular formula is C52H76FN7O11. The highest BCUT2D eigenvalue weighted by molar-refractivity contribution is 6.01. The van der Waals surface area contributed by atoms with E-state index < -0.39 is 83.3 Å². The van der Waals surface area contributed by atoms with Crippen LogP contribution in [0.3, 0.4) is 0 Å². The third-order valence-corrected chi connectivity index (χ3v) is 12.0. The predicted octanol–water partition coefficient (Wildman–Crippen LogP) is 4.91. The van der Waals surface area contributed by atoms with E-state index in [1.54, 1.807) is 70.7 Å². The minimum Gasteiger partial charge on any atom is -0.463 e. The van der Waals surface area contributed by atoms with E-state index >= 15 is 0 Å². The molecule has 2 aromatic carbocycles. The van der Waals surface area contributed by atoms with Crippen molar-refractivity contribution in [2.45, 2.75) is 155 Å². The Morgan fingerprint density at radius 3 is 1.62 bits per heavy atom. The molecule has 392 valence electrons. The number of likely N-dealkylation sites (tertiary alicyclic amines) is 2. The van der Waals surface area contributed by atoms with Crippen LogP contribution in [0.2, 0.25) is 0 Å². The first kappa shape index (κ1) is 57.3. The molecule has 2 saturated heterocycles. The fourth-order valence-corrected chi connectivity index (χ4v) is 8.46. The maximum Gasteiger partial charge on any atom is 0.408 e. The Kier molecular flexibility index (Phi) is 21.2. The first-order valence-corrected chi connectivity index (χ1v) is 24.7. The molecule has 7 amide bonds. The average molecular weight is 994 g/mol. The third-order valence-electron chi connectivity index (χ3n) is 12.0. The number of unbranched alkanes of at least 4 members (excludes halogenated alkanes) is 1. The number of nitrogens with zero attached hydrogens (tertiary/aromatic N) is 2. The molecule has 4 rings (SSSR count). The van der Waals surface area contributed by atoms with Gasteiger partial charge in [0, 0.05) is 51.0 Å². The van der Waals surface area contributed by atoms with Gasteiger partial charge in [-0.15, -0.1) is 0 Å². The molecule has 0 aliphatic carbocycles. The van der Waals surface area contributed by atoms with Crippen LogP contribution in [0.25, 0.3) is 0 Å². The molecule has 2 aliphatic heterocycles. The van der Waals surface area contributed by atoms with Gasteiger partial charge in [0.1, 0.15) is 35.4 Å². The number of rotatable bonds is 22. The smallest absolute Gasteiger partial charge is 0.408 e. The highest BCUT2D eigenvalue weighted by Crippen LogP contribution is 2.41. The second-order valence-corrected chi connectivity index (χ2v) is 20.9. The summed E-state index contributed by atoms with van der Waals surface area (Å²) in [7, 11) is 0. The normalized spacial score (nSPS) is 16.5. The molecular weight excluding hydrogens is 918 g/mol. The SMILES string of the molecule is CCOC(=O)C(F)C(=O)N1CC2(CCN(C(=O)[C@@H](CCCCNC(=O)OC(C)(C)C)NC(=O)[C@@H](CC(C)C)NC(=O)[C@@H](Cc3ccccc3)NC(=O)[C@@H](Cc3ccccc3)NC(=O)OC(C)(C)C)CC2)C1. The lowest BCUT2D eigenvalue weighted by atomic mass is 9.71. The van der Waals surface area contributed by atoms with E-state index in [9.17, 15) is 42.7 Å². The Balaban J connectivity index is 1.52. The lowest BCUT2D eigenvalue weighted by Gasteiger charge is -2.54. The number of hydrogen-bond donors (Lipinski definition) is 5. The van der Waals surface area contributed by atoms with E-state index in [0.29, 0.717) is 38.8 Å². The number of benzene rings is 2. The number of alkyl carbamates (subject to hydrolysis) is 2. The van der Waals surface area contributed by atoms with E-state index in [0.717, 1.165) is 11.1 Å². The highest BCUT2D eigenvalue weighted by Gasteiger charge is 2.50. The zero-order valence-electron chi connectivity index (χ0n) is 42.9. The van der Waals surface area contributed by atoms with Crippen molar-refractivity contribution in [3.63, 3.8) is 0 Å². The average Bonchev–Trinajstić information content (AvgIpc) is 3.28. The molecule has 19 heteroatoms. The van der Waals surface area contributed by atoms with Crippen LogP contribution in [0.1, 0.15) is 112 Å². The van der Waals surface area contributed by atoms with Gasteiger partial charge in [0.05, 0.1) is 6.61 Å². The van der Waals surface area contributed by atoms with Crippen LogP contribution in [0, 0.1) is 11.3 Å². The van der Waals surface area contributed by atoms with E-state index in [1.165, 1.54) is 11.8 Å². The summed E-state index contributed by atoms with van der Waals surface area (Å²) in [4.78, 5) is 110. The Morgan fingerprint density at radius 1 is 0.634 bits per heavy atom. The number of amides is 7. The summed E-state index contributed by atoms with van der Waals surface area (Å²) in [6.45, 7) is 16.9. The van der Waals surface area contributed by atoms with Crippen molar-refractivity contribution >= 4 is 47.7 Å². The van der Waals surface area contributed by atoms with Crippen LogP contribution in [0.15, 0.2) is 60.7 Å². The van der Waals surface area contributed by atoms with Gasteiger partial charge in [0.25, 0.3) is 12.1 Å². The monoisotopic (exact) mass is 994 g/mol. The van der Waals surface area contributed by atoms with Gasteiger partial charge in [-0.2, -0.15) is 0 Å². The number of carbonyl (C=O) groups is 8. The lowest BCUT2D eigenvalue weighted by molar-refractivity contribution is -0.165. The number of piperidine rings is 1. The van der Waals surface area contributed by atoms with Gasteiger partial charge in [-0.05, 0) is 104 Å². The van der Waals surface area contributed by atoms with E-state index in [4.69, 9.17) is 9.47 Å². The molecule has 1 unspecified atom stereocenters. The number of ether oxygens (including phenoxy) is 3. The maximum atomic E-state index is 14.5. The van der Waals surface area contributed by atoms with Crippen molar-refractivity contribution in [2.75, 3.05) is 39.3 Å². The lowest BCUT2D eigenvalue weighted by Crippen LogP contribution is -2.64. The second kappa shape index (κ2) is 26.3.